The van der Waals surface area contributed by atoms with Crippen LogP contribution in [0.15, 0.2) is 65.7 Å². The third-order valence-electron chi connectivity index (χ3n) is 10.1. The molecule has 18 heteroatoms. The van der Waals surface area contributed by atoms with Crippen molar-refractivity contribution in [1.82, 2.24) is 31.9 Å². The molecule has 0 unspecified atom stereocenters. The number of guanidine groups is 1. The topological polar surface area (TPSA) is 301 Å². The smallest absolute Gasteiger partial charge is 0.251 e. The Balaban J connectivity index is 1.15. The van der Waals surface area contributed by atoms with Crippen LogP contribution in [0.4, 0.5) is 11.4 Å². The summed E-state index contributed by atoms with van der Waals surface area (Å²) in [6.45, 7) is 2.94. The van der Waals surface area contributed by atoms with Gasteiger partial charge in [-0.25, -0.2) is 0 Å². The summed E-state index contributed by atoms with van der Waals surface area (Å²) >= 11 is 0. The van der Waals surface area contributed by atoms with E-state index in [1.165, 1.54) is 0 Å². The molecule has 1 aromatic heterocycles. The Bertz CT molecular complexity index is 2190. The van der Waals surface area contributed by atoms with Gasteiger partial charge in [0.05, 0.1) is 16.7 Å². The Labute approximate surface area is 362 Å². The van der Waals surface area contributed by atoms with Gasteiger partial charge in [-0.2, -0.15) is 4.57 Å². The predicted molar refractivity (Wildman–Crippen MR) is 240 cm³/mol. The van der Waals surface area contributed by atoms with Crippen molar-refractivity contribution in [1.29, 1.82) is 0 Å². The minimum Gasteiger partial charge on any atom is -0.549 e. The van der Waals surface area contributed by atoms with Crippen molar-refractivity contribution in [2.75, 3.05) is 63.8 Å². The van der Waals surface area contributed by atoms with Crippen LogP contribution < -0.4 is 64.5 Å². The van der Waals surface area contributed by atoms with Crippen LogP contribution in [0.1, 0.15) is 68.1 Å². The first kappa shape index (κ1) is 48.1. The lowest BCUT2D eigenvalue weighted by atomic mass is 9.97. The third kappa shape index (κ3) is 15.8. The maximum Gasteiger partial charge on any atom is 0.251 e. The summed E-state index contributed by atoms with van der Waals surface area (Å²) in [6.07, 6.45) is 4.45. The van der Waals surface area contributed by atoms with Gasteiger partial charge in [0, 0.05) is 79.5 Å². The van der Waals surface area contributed by atoms with E-state index in [2.05, 4.69) is 41.5 Å². The van der Waals surface area contributed by atoms with Gasteiger partial charge in [-0.05, 0) is 101 Å². The molecular weight excluding hydrogens is 793 g/mol. The zero-order valence-electron chi connectivity index (χ0n) is 35.5. The monoisotopic (exact) mass is 854 g/mol. The molecule has 18 nitrogen and oxygen atoms in total. The number of carboxylic acid groups (broad SMARTS) is 1. The summed E-state index contributed by atoms with van der Waals surface area (Å²) < 4.78 is 2.08. The molecule has 4 aromatic rings. The number of benzene rings is 3. The highest BCUT2D eigenvalue weighted by atomic mass is 16.4. The van der Waals surface area contributed by atoms with E-state index in [0.717, 1.165) is 39.4 Å². The van der Waals surface area contributed by atoms with Gasteiger partial charge in [0.1, 0.15) is 13.1 Å². The number of amides is 4. The Kier molecular flexibility index (Phi) is 19.6. The first-order valence-corrected chi connectivity index (χ1v) is 21.1. The molecule has 1 heterocycles. The standard InChI is InChI=1S/C44H62N12O6/c1-56-37-27-32(46)14-16-34(37)33-15-13-31(45)26-35(33)41(56)29-9-5-10-30(25-29)42(61)52-21-4-2-3-12-38(57)51-24-17-39(58)55-36(11-6-22-54-44(47)48)43(62)53-23-8-19-49-18-7-20-50-28-40(59)60/h5,9-10,13-16,25-27,36,46,49-50H,2-4,6-8,11-12,17-24,28,45H2,1H3,(H9,47,48,51,52,53,54,55,57,58,59,60,61,62)/t36-/m0/s1. The molecule has 0 saturated carbocycles. The van der Waals surface area contributed by atoms with Crippen LogP contribution in [0.25, 0.3) is 32.9 Å². The maximum atomic E-state index is 13.2. The van der Waals surface area contributed by atoms with Gasteiger partial charge >= 0.3 is 0 Å². The molecule has 0 bridgehead atoms. The van der Waals surface area contributed by atoms with Crippen LogP contribution >= 0.6 is 0 Å². The van der Waals surface area contributed by atoms with E-state index in [9.17, 15) is 29.1 Å². The Morgan fingerprint density at radius 3 is 2.16 bits per heavy atom. The number of nitrogens with one attached hydrogen (secondary N) is 6. The number of carbonyl (C=O) groups excluding carboxylic acids is 5. The fourth-order valence-corrected chi connectivity index (χ4v) is 7.04. The average molecular weight is 855 g/mol. The molecule has 0 radical (unpaired) electrons. The number of aryl methyl sites for hydroxylation is 1. The Hall–Kier alpha value is -6.53. The number of aromatic nitrogens is 1. The van der Waals surface area contributed by atoms with Crippen molar-refractivity contribution in [2.45, 2.75) is 63.8 Å². The van der Waals surface area contributed by atoms with E-state index in [1.54, 1.807) is 6.07 Å². The normalized spacial score (nSPS) is 11.5. The van der Waals surface area contributed by atoms with Crippen LogP contribution in [0.2, 0.25) is 0 Å². The van der Waals surface area contributed by atoms with Crippen molar-refractivity contribution in [3.8, 4) is 11.3 Å². The van der Waals surface area contributed by atoms with E-state index < -0.39 is 12.0 Å². The molecule has 4 rings (SSSR count). The molecule has 0 aliphatic rings. The number of fused-ring (bicyclic) bond motifs is 3. The molecule has 0 aliphatic carbocycles. The lowest BCUT2D eigenvalue weighted by Crippen LogP contribution is -2.47. The second-order valence-electron chi connectivity index (χ2n) is 15.1. The summed E-state index contributed by atoms with van der Waals surface area (Å²) in [6, 6.07) is 18.4. The van der Waals surface area contributed by atoms with Crippen LogP contribution in [-0.2, 0) is 26.2 Å². The largest absolute Gasteiger partial charge is 0.549 e. The number of aliphatic carboxylic acids is 1. The number of unbranched alkanes of at least 4 members (excludes halogenated alkanes) is 2. The van der Waals surface area contributed by atoms with Gasteiger partial charge in [-0.1, -0.05) is 18.6 Å². The molecule has 4 amide bonds. The number of carboxylic acids is 1. The van der Waals surface area contributed by atoms with Crippen LogP contribution in [-0.4, -0.2) is 94.0 Å². The summed E-state index contributed by atoms with van der Waals surface area (Å²) in [5, 5.41) is 30.8. The van der Waals surface area contributed by atoms with Crippen molar-refractivity contribution in [2.24, 2.45) is 23.5 Å². The minimum absolute atomic E-state index is 0.00353. The summed E-state index contributed by atoms with van der Waals surface area (Å²) in [7, 11) is 1.98. The van der Waals surface area contributed by atoms with Gasteiger partial charge in [0.2, 0.25) is 28.9 Å². The average Bonchev–Trinajstić information content (AvgIpc) is 3.23. The summed E-state index contributed by atoms with van der Waals surface area (Å²) in [5.74, 6) is -2.30. The lowest BCUT2D eigenvalue weighted by molar-refractivity contribution is -0.632. The molecular formula is C44H62N12O6. The van der Waals surface area contributed by atoms with Crippen molar-refractivity contribution >= 4 is 68.6 Å². The van der Waals surface area contributed by atoms with E-state index in [4.69, 9.17) is 22.9 Å². The molecule has 0 saturated heterocycles. The van der Waals surface area contributed by atoms with Gasteiger partial charge in [-0.3, -0.25) is 24.2 Å². The predicted octanol–water partition coefficient (Wildman–Crippen LogP) is -0.191. The second-order valence-corrected chi connectivity index (χ2v) is 15.1. The lowest BCUT2D eigenvalue weighted by Gasteiger charge is -2.18. The van der Waals surface area contributed by atoms with E-state index in [1.807, 2.05) is 61.6 Å². The number of hydrogen-bond donors (Lipinski definition) is 10. The molecule has 62 heavy (non-hydrogen) atoms. The van der Waals surface area contributed by atoms with Crippen LogP contribution in [0.3, 0.4) is 0 Å². The number of anilines is 2. The molecule has 0 aliphatic heterocycles. The van der Waals surface area contributed by atoms with Crippen LogP contribution in [0, 0.1) is 0 Å². The Morgan fingerprint density at radius 1 is 0.694 bits per heavy atom. The highest BCUT2D eigenvalue weighted by Crippen LogP contribution is 2.33. The van der Waals surface area contributed by atoms with Crippen molar-refractivity contribution < 1.29 is 33.6 Å². The van der Waals surface area contributed by atoms with Gasteiger partial charge < -0.3 is 64.7 Å². The summed E-state index contributed by atoms with van der Waals surface area (Å²) in [5.41, 5.74) is 27.7. The molecule has 14 N–H and O–H groups in total. The fourth-order valence-electron chi connectivity index (χ4n) is 7.04. The SMILES string of the molecule is C[n+]1c(-c2cccc(C(=O)NCCCCCC(=O)NCCC(=O)N[C@@H](CCCN=C(N)N)C(=O)NCCCNCCCNCC(=O)[O-])c2)c2cc(N)ccc2c2ccc(N)cc21. The molecule has 3 aromatic carbocycles. The number of pyridine rings is 1. The highest BCUT2D eigenvalue weighted by Gasteiger charge is 2.23. The quantitative estimate of drug-likeness (QED) is 0.00933. The zero-order chi connectivity index (χ0) is 44.9. The van der Waals surface area contributed by atoms with Crippen LogP contribution in [0.5, 0.6) is 0 Å². The van der Waals surface area contributed by atoms with E-state index in [0.29, 0.717) is 94.7 Å². The number of rotatable bonds is 27. The van der Waals surface area contributed by atoms with E-state index in [-0.39, 0.29) is 55.5 Å². The summed E-state index contributed by atoms with van der Waals surface area (Å²) in [4.78, 5) is 65.8. The minimum atomic E-state index is -1.15. The number of carbonyl (C=O) groups is 5. The zero-order valence-corrected chi connectivity index (χ0v) is 35.5. The maximum absolute atomic E-state index is 13.2. The molecule has 0 spiro atoms. The number of nitrogens with two attached hydrogens (primary N) is 4. The van der Waals surface area contributed by atoms with Crippen molar-refractivity contribution in [3.63, 3.8) is 0 Å². The first-order valence-electron chi connectivity index (χ1n) is 21.1. The number of aliphatic imine (C=N–C) groups is 1. The van der Waals surface area contributed by atoms with Gasteiger partial charge in [-0.15, -0.1) is 0 Å². The highest BCUT2D eigenvalue weighted by molar-refractivity contribution is 6.10. The molecule has 1 atom stereocenters. The number of nitrogen functional groups attached to an aromatic ring is 2. The third-order valence-corrected chi connectivity index (χ3v) is 10.1. The van der Waals surface area contributed by atoms with Gasteiger partial charge in [0.25, 0.3) is 5.91 Å². The second kappa shape index (κ2) is 25.3. The first-order chi connectivity index (χ1) is 29.8. The van der Waals surface area contributed by atoms with E-state index >= 15 is 0 Å². The number of nitrogens with zero attached hydrogens (tertiary/aromatic N) is 2. The Morgan fingerprint density at radius 2 is 1.40 bits per heavy atom. The number of hydrogen-bond acceptors (Lipinski definition) is 11. The molecule has 334 valence electrons. The van der Waals surface area contributed by atoms with Gasteiger partial charge in [0.15, 0.2) is 5.96 Å². The van der Waals surface area contributed by atoms with Crippen molar-refractivity contribution in [3.05, 3.63) is 66.2 Å². The molecule has 0 fully saturated rings. The fraction of sp³-hybridized carbons (Fsp3) is 0.432.